The van der Waals surface area contributed by atoms with Gasteiger partial charge in [0, 0.05) is 38.2 Å². The Balaban J connectivity index is 1.75. The Hall–Kier alpha value is -2.34. The molecule has 11 heteroatoms. The van der Waals surface area contributed by atoms with Crippen molar-refractivity contribution in [2.45, 2.75) is 50.7 Å². The molecule has 1 atom stereocenters. The lowest BCUT2D eigenvalue weighted by atomic mass is 10.0. The van der Waals surface area contributed by atoms with Crippen molar-refractivity contribution in [2.24, 2.45) is 0 Å². The number of halogens is 3. The Morgan fingerprint density at radius 2 is 1.56 bits per heavy atom. The SMILES string of the molecule is CS(=O)(=O)N(CC(=O)N(Cc1c(Cl)cccc1Cl)[C@H](Cc1ccccc1)C(=O)NC1CCCC1)c1ccc(I)cc1. The molecular formula is C30H32Cl2IN3O4S. The van der Waals surface area contributed by atoms with E-state index in [1.54, 1.807) is 42.5 Å². The largest absolute Gasteiger partial charge is 0.352 e. The van der Waals surface area contributed by atoms with Crippen LogP contribution in [0.25, 0.3) is 0 Å². The number of benzene rings is 3. The number of nitrogens with zero attached hydrogens (tertiary/aromatic N) is 2. The summed E-state index contributed by atoms with van der Waals surface area (Å²) in [6.45, 7) is -0.569. The second kappa shape index (κ2) is 14.2. The van der Waals surface area contributed by atoms with Crippen LogP contribution in [0.15, 0.2) is 72.8 Å². The van der Waals surface area contributed by atoms with Gasteiger partial charge in [-0.25, -0.2) is 8.42 Å². The highest BCUT2D eigenvalue weighted by Gasteiger charge is 2.35. The molecule has 0 bridgehead atoms. The third-order valence-corrected chi connectivity index (χ3v) is 9.72. The van der Waals surface area contributed by atoms with E-state index in [9.17, 15) is 18.0 Å². The van der Waals surface area contributed by atoms with Gasteiger partial charge in [0.15, 0.2) is 0 Å². The second-order valence-electron chi connectivity index (χ2n) is 10.2. The van der Waals surface area contributed by atoms with Crippen molar-refractivity contribution < 1.29 is 18.0 Å². The van der Waals surface area contributed by atoms with Gasteiger partial charge in [0.05, 0.1) is 11.9 Å². The summed E-state index contributed by atoms with van der Waals surface area (Å²) in [6.07, 6.45) is 5.11. The molecule has 3 aromatic rings. The Labute approximate surface area is 265 Å². The first kappa shape index (κ1) is 31.6. The molecule has 4 rings (SSSR count). The van der Waals surface area contributed by atoms with E-state index in [4.69, 9.17) is 23.2 Å². The van der Waals surface area contributed by atoms with Crippen LogP contribution in [0.3, 0.4) is 0 Å². The fraction of sp³-hybridized carbons (Fsp3) is 0.333. The minimum absolute atomic E-state index is 0.0286. The third kappa shape index (κ3) is 8.59. The van der Waals surface area contributed by atoms with E-state index >= 15 is 0 Å². The van der Waals surface area contributed by atoms with E-state index in [0.29, 0.717) is 21.3 Å². The maximum atomic E-state index is 14.2. The summed E-state index contributed by atoms with van der Waals surface area (Å²) in [4.78, 5) is 29.5. The van der Waals surface area contributed by atoms with Crippen LogP contribution in [0, 0.1) is 3.57 Å². The first-order valence-corrected chi connectivity index (χ1v) is 17.0. The number of sulfonamides is 1. The van der Waals surface area contributed by atoms with Gasteiger partial charge in [-0.15, -0.1) is 0 Å². The average Bonchev–Trinajstić information content (AvgIpc) is 3.44. The Bertz CT molecular complexity index is 1450. The molecule has 2 amide bonds. The zero-order valence-corrected chi connectivity index (χ0v) is 27.1. The molecule has 218 valence electrons. The van der Waals surface area contributed by atoms with Crippen LogP contribution in [0.4, 0.5) is 5.69 Å². The quantitative estimate of drug-likeness (QED) is 0.244. The van der Waals surface area contributed by atoms with Gasteiger partial charge < -0.3 is 10.2 Å². The van der Waals surface area contributed by atoms with E-state index in [-0.39, 0.29) is 24.9 Å². The number of carbonyl (C=O) groups excluding carboxylic acids is 2. The monoisotopic (exact) mass is 727 g/mol. The topological polar surface area (TPSA) is 86.8 Å². The summed E-state index contributed by atoms with van der Waals surface area (Å²) >= 11 is 15.2. The number of amides is 2. The molecule has 0 saturated heterocycles. The van der Waals surface area contributed by atoms with E-state index in [1.165, 1.54) is 4.90 Å². The van der Waals surface area contributed by atoms with Gasteiger partial charge >= 0.3 is 0 Å². The van der Waals surface area contributed by atoms with Crippen LogP contribution in [0.5, 0.6) is 0 Å². The molecule has 0 spiro atoms. The van der Waals surface area contributed by atoms with Crippen molar-refractivity contribution in [2.75, 3.05) is 17.1 Å². The number of hydrogen-bond acceptors (Lipinski definition) is 4. The molecule has 1 fully saturated rings. The molecule has 0 radical (unpaired) electrons. The standard InChI is InChI=1S/C30H32Cl2IN3O4S/c1-41(39,40)36(24-16-14-22(33)15-17-24)20-29(37)35(19-25-26(31)12-7-13-27(25)32)28(18-21-8-3-2-4-9-21)30(38)34-23-10-5-6-11-23/h2-4,7-9,12-17,23,28H,5-6,10-11,18-20H2,1H3,(H,34,38)/t28-/m1/s1. The zero-order chi connectivity index (χ0) is 29.6. The van der Waals surface area contributed by atoms with Crippen LogP contribution in [-0.2, 0) is 32.6 Å². The Morgan fingerprint density at radius 3 is 2.15 bits per heavy atom. The molecule has 41 heavy (non-hydrogen) atoms. The van der Waals surface area contributed by atoms with E-state index < -0.39 is 28.5 Å². The van der Waals surface area contributed by atoms with Crippen LogP contribution in [-0.4, -0.2) is 50.0 Å². The highest BCUT2D eigenvalue weighted by Crippen LogP contribution is 2.28. The van der Waals surface area contributed by atoms with E-state index in [2.05, 4.69) is 27.9 Å². The van der Waals surface area contributed by atoms with Crippen molar-refractivity contribution >= 4 is 73.3 Å². The maximum Gasteiger partial charge on any atom is 0.244 e. The fourth-order valence-electron chi connectivity index (χ4n) is 5.00. The Morgan fingerprint density at radius 1 is 0.951 bits per heavy atom. The van der Waals surface area contributed by atoms with Crippen molar-refractivity contribution in [3.63, 3.8) is 0 Å². The van der Waals surface area contributed by atoms with Crippen molar-refractivity contribution in [1.29, 1.82) is 0 Å². The van der Waals surface area contributed by atoms with Gasteiger partial charge in [-0.1, -0.05) is 72.4 Å². The highest BCUT2D eigenvalue weighted by atomic mass is 127. The van der Waals surface area contributed by atoms with Crippen LogP contribution in [0.2, 0.25) is 10.0 Å². The highest BCUT2D eigenvalue weighted by molar-refractivity contribution is 14.1. The second-order valence-corrected chi connectivity index (χ2v) is 14.1. The molecule has 1 N–H and O–H groups in total. The molecule has 1 aliphatic carbocycles. The van der Waals surface area contributed by atoms with Gasteiger partial charge in [-0.2, -0.15) is 0 Å². The fourth-order valence-corrected chi connectivity index (χ4v) is 6.72. The lowest BCUT2D eigenvalue weighted by molar-refractivity contribution is -0.140. The van der Waals surface area contributed by atoms with Crippen LogP contribution < -0.4 is 9.62 Å². The average molecular weight is 728 g/mol. The minimum Gasteiger partial charge on any atom is -0.352 e. The smallest absolute Gasteiger partial charge is 0.244 e. The summed E-state index contributed by atoms with van der Waals surface area (Å²) < 4.78 is 27.8. The van der Waals surface area contributed by atoms with Gasteiger partial charge in [-0.05, 0) is 77.4 Å². The number of carbonyl (C=O) groups is 2. The molecule has 7 nitrogen and oxygen atoms in total. The van der Waals surface area contributed by atoms with Gasteiger partial charge in [-0.3, -0.25) is 13.9 Å². The molecule has 1 aliphatic rings. The number of nitrogens with one attached hydrogen (secondary N) is 1. The summed E-state index contributed by atoms with van der Waals surface area (Å²) in [5.41, 5.74) is 1.70. The first-order valence-electron chi connectivity index (χ1n) is 13.3. The molecule has 0 heterocycles. The third-order valence-electron chi connectivity index (χ3n) is 7.16. The molecular weight excluding hydrogens is 696 g/mol. The molecule has 1 saturated carbocycles. The van der Waals surface area contributed by atoms with E-state index in [0.717, 1.165) is 45.4 Å². The van der Waals surface area contributed by atoms with Crippen LogP contribution in [0.1, 0.15) is 36.8 Å². The van der Waals surface area contributed by atoms with Crippen molar-refractivity contribution in [1.82, 2.24) is 10.2 Å². The normalized spacial score (nSPS) is 14.4. The van der Waals surface area contributed by atoms with E-state index in [1.807, 2.05) is 30.3 Å². The zero-order valence-electron chi connectivity index (χ0n) is 22.6. The molecule has 3 aromatic carbocycles. The summed E-state index contributed by atoms with van der Waals surface area (Å²) in [5, 5.41) is 3.84. The van der Waals surface area contributed by atoms with Gasteiger partial charge in [0.25, 0.3) is 0 Å². The van der Waals surface area contributed by atoms with Gasteiger partial charge in [0.1, 0.15) is 12.6 Å². The number of anilines is 1. The number of rotatable bonds is 11. The van der Waals surface area contributed by atoms with Gasteiger partial charge in [0.2, 0.25) is 21.8 Å². The summed E-state index contributed by atoms with van der Waals surface area (Å²) in [5.74, 6) is -0.843. The molecule has 0 aromatic heterocycles. The Kier molecular flexibility index (Phi) is 11.0. The van der Waals surface area contributed by atoms with Crippen molar-refractivity contribution in [3.8, 4) is 0 Å². The number of hydrogen-bond donors (Lipinski definition) is 1. The first-order chi connectivity index (χ1) is 19.5. The predicted octanol–water partition coefficient (Wildman–Crippen LogP) is 6.06. The van der Waals surface area contributed by atoms with Crippen LogP contribution >= 0.6 is 45.8 Å². The maximum absolute atomic E-state index is 14.2. The van der Waals surface area contributed by atoms with Crippen molar-refractivity contribution in [3.05, 3.63) is 97.5 Å². The lowest BCUT2D eigenvalue weighted by Gasteiger charge is -2.34. The predicted molar refractivity (Wildman–Crippen MR) is 173 cm³/mol. The minimum atomic E-state index is -3.84. The molecule has 0 unspecified atom stereocenters. The molecule has 0 aliphatic heterocycles. The lowest BCUT2D eigenvalue weighted by Crippen LogP contribution is -2.54. The summed E-state index contributed by atoms with van der Waals surface area (Å²) in [6, 6.07) is 20.4. The summed E-state index contributed by atoms with van der Waals surface area (Å²) in [7, 11) is -3.84.